The Kier molecular flexibility index (Phi) is 6.04. The highest BCUT2D eigenvalue weighted by Crippen LogP contribution is 2.31. The van der Waals surface area contributed by atoms with Gasteiger partial charge in [-0.25, -0.2) is 13.4 Å². The topological polar surface area (TPSA) is 85.4 Å². The third-order valence-electron chi connectivity index (χ3n) is 4.42. The van der Waals surface area contributed by atoms with E-state index in [1.165, 1.54) is 36.1 Å². The number of benzene rings is 2. The summed E-state index contributed by atoms with van der Waals surface area (Å²) in [6, 6.07) is 10.1. The average Bonchev–Trinajstić information content (AvgIpc) is 3.08. The summed E-state index contributed by atoms with van der Waals surface area (Å²) in [5.41, 5.74) is 5.17. The zero-order valence-electron chi connectivity index (χ0n) is 16.6. The van der Waals surface area contributed by atoms with Gasteiger partial charge in [0, 0.05) is 10.9 Å². The monoisotopic (exact) mass is 430 g/mol. The van der Waals surface area contributed by atoms with Crippen LogP contribution in [0.25, 0.3) is 11.3 Å². The minimum Gasteiger partial charge on any atom is -0.497 e. The summed E-state index contributed by atoms with van der Waals surface area (Å²) in [5, 5.41) is 4.82. The van der Waals surface area contributed by atoms with Crippen LogP contribution in [0.2, 0.25) is 0 Å². The number of carbonyl (C=O) groups is 1. The number of carbonyl (C=O) groups excluding carboxylic acids is 1. The SMILES string of the molecule is COc1ccc(S(=O)(=O)CC(=O)Nc2nc(-c3c(C)cc(C)cc3C)cs2)cc1. The fourth-order valence-corrected chi connectivity index (χ4v) is 5.08. The summed E-state index contributed by atoms with van der Waals surface area (Å²) in [4.78, 5) is 16.8. The minimum absolute atomic E-state index is 0.0687. The van der Waals surface area contributed by atoms with Crippen molar-refractivity contribution < 1.29 is 17.9 Å². The van der Waals surface area contributed by atoms with E-state index < -0.39 is 21.5 Å². The van der Waals surface area contributed by atoms with Crippen molar-refractivity contribution in [3.05, 3.63) is 58.5 Å². The molecule has 1 amide bonds. The lowest BCUT2D eigenvalue weighted by atomic mass is 9.98. The Bertz CT molecular complexity index is 1130. The lowest BCUT2D eigenvalue weighted by molar-refractivity contribution is -0.113. The first-order chi connectivity index (χ1) is 13.7. The van der Waals surface area contributed by atoms with Crippen LogP contribution in [0, 0.1) is 20.8 Å². The largest absolute Gasteiger partial charge is 0.497 e. The van der Waals surface area contributed by atoms with E-state index in [1.807, 2.05) is 26.2 Å². The first-order valence-corrected chi connectivity index (χ1v) is 11.4. The smallest absolute Gasteiger partial charge is 0.241 e. The van der Waals surface area contributed by atoms with Crippen molar-refractivity contribution >= 4 is 32.2 Å². The Labute approximate surface area is 174 Å². The van der Waals surface area contributed by atoms with Gasteiger partial charge in [-0.15, -0.1) is 11.3 Å². The number of nitrogens with one attached hydrogen (secondary N) is 1. The Balaban J connectivity index is 1.73. The van der Waals surface area contributed by atoms with E-state index in [4.69, 9.17) is 4.74 Å². The summed E-state index contributed by atoms with van der Waals surface area (Å²) < 4.78 is 29.9. The maximum atomic E-state index is 12.5. The lowest BCUT2D eigenvalue weighted by Crippen LogP contribution is -2.22. The molecule has 1 N–H and O–H groups in total. The summed E-state index contributed by atoms with van der Waals surface area (Å²) in [6.07, 6.45) is 0. The second kappa shape index (κ2) is 8.34. The van der Waals surface area contributed by atoms with Crippen LogP contribution >= 0.6 is 11.3 Å². The van der Waals surface area contributed by atoms with Gasteiger partial charge < -0.3 is 10.1 Å². The molecule has 0 saturated carbocycles. The van der Waals surface area contributed by atoms with Crippen molar-refractivity contribution in [2.45, 2.75) is 25.7 Å². The molecule has 0 atom stereocenters. The van der Waals surface area contributed by atoms with Gasteiger partial charge in [-0.1, -0.05) is 17.7 Å². The molecule has 0 saturated heterocycles. The van der Waals surface area contributed by atoms with Crippen molar-refractivity contribution in [2.24, 2.45) is 0 Å². The summed E-state index contributed by atoms with van der Waals surface area (Å²) in [6.45, 7) is 6.09. The number of aryl methyl sites for hydroxylation is 3. The second-order valence-electron chi connectivity index (χ2n) is 6.79. The summed E-state index contributed by atoms with van der Waals surface area (Å²) in [5.74, 6) is -0.735. The molecule has 1 aromatic heterocycles. The molecule has 152 valence electrons. The third kappa shape index (κ3) is 4.83. The van der Waals surface area contributed by atoms with E-state index in [1.54, 1.807) is 12.1 Å². The minimum atomic E-state index is -3.76. The van der Waals surface area contributed by atoms with Gasteiger partial charge in [-0.05, 0) is 56.2 Å². The first kappa shape index (κ1) is 21.0. The van der Waals surface area contributed by atoms with Crippen LogP contribution in [0.15, 0.2) is 46.7 Å². The summed E-state index contributed by atoms with van der Waals surface area (Å²) in [7, 11) is -2.26. The van der Waals surface area contributed by atoms with Crippen molar-refractivity contribution in [3.63, 3.8) is 0 Å². The Morgan fingerprint density at radius 2 is 1.72 bits per heavy atom. The molecule has 29 heavy (non-hydrogen) atoms. The van der Waals surface area contributed by atoms with E-state index in [0.717, 1.165) is 22.4 Å². The van der Waals surface area contributed by atoms with Crippen LogP contribution in [-0.2, 0) is 14.6 Å². The number of sulfone groups is 1. The number of aromatic nitrogens is 1. The highest BCUT2D eigenvalue weighted by molar-refractivity contribution is 7.92. The van der Waals surface area contributed by atoms with Gasteiger partial charge in [-0.2, -0.15) is 0 Å². The molecule has 0 aliphatic heterocycles. The molecule has 0 aliphatic carbocycles. The van der Waals surface area contributed by atoms with Crippen molar-refractivity contribution in [1.82, 2.24) is 4.98 Å². The normalized spacial score (nSPS) is 11.3. The van der Waals surface area contributed by atoms with Crippen LogP contribution in [0.3, 0.4) is 0 Å². The molecular formula is C21H22N2O4S2. The number of rotatable bonds is 6. The van der Waals surface area contributed by atoms with Crippen LogP contribution in [0.5, 0.6) is 5.75 Å². The van der Waals surface area contributed by atoms with Crippen LogP contribution in [0.4, 0.5) is 5.13 Å². The van der Waals surface area contributed by atoms with Crippen LogP contribution in [-0.4, -0.2) is 32.2 Å². The average molecular weight is 431 g/mol. The first-order valence-electron chi connectivity index (χ1n) is 8.90. The van der Waals surface area contributed by atoms with Gasteiger partial charge in [0.05, 0.1) is 17.7 Å². The van der Waals surface area contributed by atoms with Gasteiger partial charge in [0.15, 0.2) is 15.0 Å². The molecule has 1 heterocycles. The zero-order valence-corrected chi connectivity index (χ0v) is 18.3. The molecule has 3 rings (SSSR count). The number of thiazole rings is 1. The molecule has 0 radical (unpaired) electrons. The highest BCUT2D eigenvalue weighted by Gasteiger charge is 2.20. The van der Waals surface area contributed by atoms with Gasteiger partial charge in [-0.3, -0.25) is 4.79 Å². The third-order valence-corrected chi connectivity index (χ3v) is 6.81. The fourth-order valence-electron chi connectivity index (χ4n) is 3.22. The number of anilines is 1. The molecule has 3 aromatic rings. The molecule has 0 aliphatic rings. The maximum absolute atomic E-state index is 12.5. The van der Waals surface area contributed by atoms with E-state index in [0.29, 0.717) is 10.9 Å². The van der Waals surface area contributed by atoms with Gasteiger partial charge in [0.25, 0.3) is 0 Å². The Morgan fingerprint density at radius 1 is 1.10 bits per heavy atom. The predicted molar refractivity (Wildman–Crippen MR) is 115 cm³/mol. The van der Waals surface area contributed by atoms with Crippen molar-refractivity contribution in [1.29, 1.82) is 0 Å². The number of nitrogens with zero attached hydrogens (tertiary/aromatic N) is 1. The van der Waals surface area contributed by atoms with E-state index >= 15 is 0 Å². The second-order valence-corrected chi connectivity index (χ2v) is 9.64. The molecule has 2 aromatic carbocycles. The van der Waals surface area contributed by atoms with Gasteiger partial charge >= 0.3 is 0 Å². The molecule has 8 heteroatoms. The Morgan fingerprint density at radius 3 is 2.31 bits per heavy atom. The lowest BCUT2D eigenvalue weighted by Gasteiger charge is -2.09. The van der Waals surface area contributed by atoms with Crippen LogP contribution < -0.4 is 10.1 Å². The van der Waals surface area contributed by atoms with E-state index in [2.05, 4.69) is 22.4 Å². The quantitative estimate of drug-likeness (QED) is 0.635. The number of hydrogen-bond acceptors (Lipinski definition) is 6. The molecule has 0 bridgehead atoms. The van der Waals surface area contributed by atoms with E-state index in [-0.39, 0.29) is 4.90 Å². The van der Waals surface area contributed by atoms with Crippen LogP contribution in [0.1, 0.15) is 16.7 Å². The van der Waals surface area contributed by atoms with Crippen molar-refractivity contribution in [2.75, 3.05) is 18.2 Å². The fraction of sp³-hybridized carbons (Fsp3) is 0.238. The molecule has 0 fully saturated rings. The number of amides is 1. The molecular weight excluding hydrogens is 408 g/mol. The summed E-state index contributed by atoms with van der Waals surface area (Å²) >= 11 is 1.27. The van der Waals surface area contributed by atoms with Gasteiger partial charge in [0.2, 0.25) is 5.91 Å². The van der Waals surface area contributed by atoms with Crippen molar-refractivity contribution in [3.8, 4) is 17.0 Å². The molecule has 0 spiro atoms. The van der Waals surface area contributed by atoms with E-state index in [9.17, 15) is 13.2 Å². The maximum Gasteiger partial charge on any atom is 0.241 e. The molecule has 6 nitrogen and oxygen atoms in total. The standard InChI is InChI=1S/C21H22N2O4S2/c1-13-9-14(2)20(15(3)10-13)18-11-28-21(22-18)23-19(24)12-29(25,26)17-7-5-16(27-4)6-8-17/h5-11H,12H2,1-4H3,(H,22,23,24). The number of methoxy groups -OCH3 is 1. The highest BCUT2D eigenvalue weighted by atomic mass is 32.2. The Hall–Kier alpha value is -2.71. The molecule has 0 unspecified atom stereocenters. The zero-order chi connectivity index (χ0) is 21.2. The number of hydrogen-bond donors (Lipinski definition) is 1. The predicted octanol–water partition coefficient (Wildman–Crippen LogP) is 4.16. The number of ether oxygens (including phenoxy) is 1. The van der Waals surface area contributed by atoms with Gasteiger partial charge in [0.1, 0.15) is 11.5 Å².